The molecule has 0 saturated heterocycles. The average molecular weight is 371 g/mol. The van der Waals surface area contributed by atoms with E-state index in [0.717, 1.165) is 12.8 Å². The molecule has 3 heteroatoms. The van der Waals surface area contributed by atoms with Gasteiger partial charge in [-0.25, -0.2) is 0 Å². The monoisotopic (exact) mass is 370 g/mol. The molecule has 0 bridgehead atoms. The lowest BCUT2D eigenvalue weighted by Gasteiger charge is -2.59. The molecule has 0 N–H and O–H groups in total. The van der Waals surface area contributed by atoms with E-state index < -0.39 is 0 Å². The van der Waals surface area contributed by atoms with Gasteiger partial charge in [0.25, 0.3) is 0 Å². The lowest BCUT2D eigenvalue weighted by molar-refractivity contribution is -0.0613. The summed E-state index contributed by atoms with van der Waals surface area (Å²) < 4.78 is 10.8. The van der Waals surface area contributed by atoms with E-state index in [9.17, 15) is 4.79 Å². The van der Waals surface area contributed by atoms with Crippen LogP contribution < -0.4 is 9.47 Å². The maximum Gasteiger partial charge on any atom is 0.167 e. The first kappa shape index (κ1) is 20.0. The van der Waals surface area contributed by atoms with Crippen LogP contribution in [0.3, 0.4) is 0 Å². The van der Waals surface area contributed by atoms with E-state index in [-0.39, 0.29) is 28.4 Å². The first-order valence-electron chi connectivity index (χ1n) is 10.1. The number of Topliss-reactive ketones (excluding diaryl/α,β-unsaturated/α-hetero) is 1. The highest BCUT2D eigenvalue weighted by Gasteiger charge is 2.56. The minimum Gasteiger partial charge on any atom is -0.497 e. The maximum atomic E-state index is 13.8. The minimum atomic E-state index is -0.0554. The number of carbonyl (C=O) groups excluding carboxylic acids is 1. The number of rotatable bonds is 4. The summed E-state index contributed by atoms with van der Waals surface area (Å²) in [4.78, 5) is 13.8. The predicted molar refractivity (Wildman–Crippen MR) is 110 cm³/mol. The minimum absolute atomic E-state index is 0.00421. The van der Waals surface area contributed by atoms with Crippen molar-refractivity contribution in [2.75, 3.05) is 14.2 Å². The molecule has 2 aliphatic rings. The Labute approximate surface area is 164 Å². The Kier molecular flexibility index (Phi) is 5.18. The van der Waals surface area contributed by atoms with Crippen molar-refractivity contribution < 1.29 is 14.3 Å². The summed E-state index contributed by atoms with van der Waals surface area (Å²) in [7, 11) is 3.24. The van der Waals surface area contributed by atoms with E-state index in [4.69, 9.17) is 9.47 Å². The van der Waals surface area contributed by atoms with Crippen molar-refractivity contribution in [1.82, 2.24) is 0 Å². The van der Waals surface area contributed by atoms with Gasteiger partial charge in [0.15, 0.2) is 5.78 Å². The molecule has 0 amide bonds. The Morgan fingerprint density at radius 2 is 1.67 bits per heavy atom. The molecule has 0 heterocycles. The summed E-state index contributed by atoms with van der Waals surface area (Å²) in [6, 6.07) is 5.51. The number of carbonyl (C=O) groups is 1. The van der Waals surface area contributed by atoms with Gasteiger partial charge >= 0.3 is 0 Å². The number of ketones is 1. The zero-order chi connectivity index (χ0) is 20.0. The van der Waals surface area contributed by atoms with E-state index in [1.165, 1.54) is 18.4 Å². The molecular formula is C24H34O3. The SMILES string of the molecule is C=C1C[C@H]2C(C)(C)CCC[C@@]2(C)[C@@H](C(=O)c2cc(OC)cc(OC)c2)[C@@H]1C. The molecule has 3 rings (SSSR count). The summed E-state index contributed by atoms with van der Waals surface area (Å²) in [6.45, 7) is 13.6. The molecule has 2 fully saturated rings. The molecule has 2 aliphatic carbocycles. The highest BCUT2D eigenvalue weighted by Crippen LogP contribution is 2.62. The first-order valence-corrected chi connectivity index (χ1v) is 10.1. The third-order valence-electron chi connectivity index (χ3n) is 7.52. The lowest BCUT2D eigenvalue weighted by Crippen LogP contribution is -2.54. The Morgan fingerprint density at radius 3 is 2.22 bits per heavy atom. The van der Waals surface area contributed by atoms with Crippen molar-refractivity contribution in [2.45, 2.75) is 53.4 Å². The molecule has 2 saturated carbocycles. The topological polar surface area (TPSA) is 35.5 Å². The average Bonchev–Trinajstić information content (AvgIpc) is 2.63. The van der Waals surface area contributed by atoms with Gasteiger partial charge < -0.3 is 9.47 Å². The third-order valence-corrected chi connectivity index (χ3v) is 7.52. The molecular weight excluding hydrogens is 336 g/mol. The molecule has 0 aromatic heterocycles. The van der Waals surface area contributed by atoms with Crippen molar-refractivity contribution in [1.29, 1.82) is 0 Å². The second-order valence-corrected chi connectivity index (χ2v) is 9.49. The fourth-order valence-electron chi connectivity index (χ4n) is 5.96. The fraction of sp³-hybridized carbons (Fsp3) is 0.625. The van der Waals surface area contributed by atoms with Crippen molar-refractivity contribution in [3.63, 3.8) is 0 Å². The van der Waals surface area contributed by atoms with Crippen LogP contribution in [0.15, 0.2) is 30.4 Å². The number of allylic oxidation sites excluding steroid dienone is 1. The smallest absolute Gasteiger partial charge is 0.167 e. The van der Waals surface area contributed by atoms with Gasteiger partial charge in [0, 0.05) is 17.5 Å². The van der Waals surface area contributed by atoms with Gasteiger partial charge in [-0.3, -0.25) is 4.79 Å². The van der Waals surface area contributed by atoms with Crippen LogP contribution in [0, 0.1) is 28.6 Å². The largest absolute Gasteiger partial charge is 0.497 e. The van der Waals surface area contributed by atoms with Crippen LogP contribution in [-0.2, 0) is 0 Å². The van der Waals surface area contributed by atoms with E-state index in [2.05, 4.69) is 34.3 Å². The highest BCUT2D eigenvalue weighted by molar-refractivity contribution is 5.99. The molecule has 0 unspecified atom stereocenters. The normalized spacial score (nSPS) is 32.5. The number of benzene rings is 1. The Bertz CT molecular complexity index is 726. The molecule has 0 spiro atoms. The number of hydrogen-bond donors (Lipinski definition) is 0. The summed E-state index contributed by atoms with van der Waals surface area (Å²) in [5.74, 6) is 2.14. The molecule has 4 atom stereocenters. The van der Waals surface area contributed by atoms with Crippen LogP contribution in [0.1, 0.15) is 63.7 Å². The molecule has 3 nitrogen and oxygen atoms in total. The Balaban J connectivity index is 2.07. The van der Waals surface area contributed by atoms with E-state index >= 15 is 0 Å². The summed E-state index contributed by atoms with van der Waals surface area (Å²) in [5, 5.41) is 0. The standard InChI is InChI=1S/C24H34O3/c1-15-11-20-23(3,4)9-8-10-24(20,5)21(16(15)2)22(25)17-12-18(26-6)14-19(13-17)27-7/h12-14,16,20-21H,1,8-11H2,2-7H3/t16-,20+,21-,24-/m1/s1. The van der Waals surface area contributed by atoms with Crippen LogP contribution in [0.25, 0.3) is 0 Å². The first-order chi connectivity index (χ1) is 12.6. The van der Waals surface area contributed by atoms with Gasteiger partial charge in [-0.1, -0.05) is 46.3 Å². The van der Waals surface area contributed by atoms with Crippen LogP contribution in [0.4, 0.5) is 0 Å². The van der Waals surface area contributed by atoms with Gasteiger partial charge in [0.05, 0.1) is 14.2 Å². The lowest BCUT2D eigenvalue weighted by atomic mass is 9.45. The van der Waals surface area contributed by atoms with Crippen molar-refractivity contribution in [2.24, 2.45) is 28.6 Å². The summed E-state index contributed by atoms with van der Waals surface area (Å²) in [6.07, 6.45) is 4.55. The van der Waals surface area contributed by atoms with Gasteiger partial charge in [-0.15, -0.1) is 0 Å². The van der Waals surface area contributed by atoms with E-state index in [0.29, 0.717) is 23.0 Å². The van der Waals surface area contributed by atoms with Crippen LogP contribution in [0.5, 0.6) is 11.5 Å². The molecule has 148 valence electrons. The molecule has 1 aromatic rings. The van der Waals surface area contributed by atoms with Gasteiger partial charge in [0.1, 0.15) is 11.5 Å². The highest BCUT2D eigenvalue weighted by atomic mass is 16.5. The molecule has 0 radical (unpaired) electrons. The number of hydrogen-bond acceptors (Lipinski definition) is 3. The fourth-order valence-corrected chi connectivity index (χ4v) is 5.96. The predicted octanol–water partition coefficient (Wildman–Crippen LogP) is 5.93. The number of fused-ring (bicyclic) bond motifs is 1. The zero-order valence-electron chi connectivity index (χ0n) is 17.7. The second kappa shape index (κ2) is 7.00. The Morgan fingerprint density at radius 1 is 1.07 bits per heavy atom. The van der Waals surface area contributed by atoms with Gasteiger partial charge in [-0.2, -0.15) is 0 Å². The van der Waals surface area contributed by atoms with Crippen LogP contribution in [0.2, 0.25) is 0 Å². The zero-order valence-corrected chi connectivity index (χ0v) is 17.7. The molecule has 1 aromatic carbocycles. The van der Waals surface area contributed by atoms with Gasteiger partial charge in [0.2, 0.25) is 0 Å². The Hall–Kier alpha value is -1.77. The quantitative estimate of drug-likeness (QED) is 0.486. The van der Waals surface area contributed by atoms with Crippen molar-refractivity contribution in [3.8, 4) is 11.5 Å². The second-order valence-electron chi connectivity index (χ2n) is 9.49. The van der Waals surface area contributed by atoms with Crippen molar-refractivity contribution in [3.05, 3.63) is 35.9 Å². The molecule has 27 heavy (non-hydrogen) atoms. The van der Waals surface area contributed by atoms with Crippen LogP contribution in [-0.4, -0.2) is 20.0 Å². The molecule has 0 aliphatic heterocycles. The summed E-state index contributed by atoms with van der Waals surface area (Å²) >= 11 is 0. The van der Waals surface area contributed by atoms with E-state index in [1.54, 1.807) is 14.2 Å². The van der Waals surface area contributed by atoms with Crippen molar-refractivity contribution >= 4 is 5.78 Å². The van der Waals surface area contributed by atoms with E-state index in [1.807, 2.05) is 18.2 Å². The summed E-state index contributed by atoms with van der Waals surface area (Å²) in [5.41, 5.74) is 2.14. The maximum absolute atomic E-state index is 13.8. The number of ether oxygens (including phenoxy) is 2. The number of methoxy groups -OCH3 is 2. The van der Waals surface area contributed by atoms with Gasteiger partial charge in [-0.05, 0) is 54.1 Å². The van der Waals surface area contributed by atoms with Crippen LogP contribution >= 0.6 is 0 Å². The third kappa shape index (κ3) is 3.30.